The number of piperidine rings is 1. The first kappa shape index (κ1) is 24.0. The number of aryl methyl sites for hydroxylation is 3. The first-order valence-electron chi connectivity index (χ1n) is 11.7. The van der Waals surface area contributed by atoms with Crippen LogP contribution in [-0.2, 0) is 23.1 Å². The van der Waals surface area contributed by atoms with Gasteiger partial charge in [0.1, 0.15) is 0 Å². The third-order valence-electron chi connectivity index (χ3n) is 6.73. The lowest BCUT2D eigenvalue weighted by Crippen LogP contribution is -2.43. The number of methoxy groups -OCH3 is 1. The van der Waals surface area contributed by atoms with Crippen molar-refractivity contribution >= 4 is 22.8 Å². The van der Waals surface area contributed by atoms with Crippen LogP contribution in [0, 0.1) is 19.8 Å². The van der Waals surface area contributed by atoms with Crippen LogP contribution in [0.15, 0.2) is 0 Å². The standard InChI is InChI=1S/C24H37N5O3/c1-7-8-13-27(4)24(31)18-11-14-29(15-12-18)20(30)10-9-19-16(2)21-22(25-17(19)3)28(5)26-23(21)32-6/h18H,7-15H2,1-6H3. The lowest BCUT2D eigenvalue weighted by atomic mass is 9.94. The van der Waals surface area contributed by atoms with Gasteiger partial charge >= 0.3 is 0 Å². The molecule has 0 bridgehead atoms. The van der Waals surface area contributed by atoms with E-state index in [2.05, 4.69) is 12.0 Å². The van der Waals surface area contributed by atoms with Crippen molar-refractivity contribution in [1.29, 1.82) is 0 Å². The Morgan fingerprint density at radius 2 is 1.91 bits per heavy atom. The predicted molar refractivity (Wildman–Crippen MR) is 125 cm³/mol. The first-order valence-corrected chi connectivity index (χ1v) is 11.7. The third kappa shape index (κ3) is 4.89. The van der Waals surface area contributed by atoms with Crippen molar-refractivity contribution < 1.29 is 14.3 Å². The fourth-order valence-corrected chi connectivity index (χ4v) is 4.69. The third-order valence-corrected chi connectivity index (χ3v) is 6.73. The van der Waals surface area contributed by atoms with Gasteiger partial charge in [0.15, 0.2) is 5.65 Å². The molecule has 0 aliphatic carbocycles. The summed E-state index contributed by atoms with van der Waals surface area (Å²) in [5, 5.41) is 5.31. The molecule has 0 radical (unpaired) electrons. The predicted octanol–water partition coefficient (Wildman–Crippen LogP) is 3.02. The Morgan fingerprint density at radius 3 is 2.53 bits per heavy atom. The van der Waals surface area contributed by atoms with E-state index in [9.17, 15) is 9.59 Å². The number of hydrogen-bond donors (Lipinski definition) is 0. The van der Waals surface area contributed by atoms with E-state index in [4.69, 9.17) is 9.72 Å². The van der Waals surface area contributed by atoms with E-state index in [1.54, 1.807) is 11.8 Å². The van der Waals surface area contributed by atoms with E-state index in [0.717, 1.165) is 60.1 Å². The lowest BCUT2D eigenvalue weighted by Gasteiger charge is -2.33. The van der Waals surface area contributed by atoms with Crippen molar-refractivity contribution in [3.63, 3.8) is 0 Å². The molecule has 8 nitrogen and oxygen atoms in total. The average Bonchev–Trinajstić information content (AvgIpc) is 3.12. The lowest BCUT2D eigenvalue weighted by molar-refractivity contribution is -0.139. The van der Waals surface area contributed by atoms with Crippen LogP contribution in [0.25, 0.3) is 11.0 Å². The van der Waals surface area contributed by atoms with Crippen molar-refractivity contribution in [1.82, 2.24) is 24.6 Å². The Hall–Kier alpha value is -2.64. The van der Waals surface area contributed by atoms with E-state index in [-0.39, 0.29) is 17.7 Å². The molecule has 2 aromatic rings. The van der Waals surface area contributed by atoms with Crippen LogP contribution >= 0.6 is 0 Å². The van der Waals surface area contributed by atoms with Crippen LogP contribution < -0.4 is 4.74 Å². The van der Waals surface area contributed by atoms with Gasteiger partial charge in [-0.15, -0.1) is 5.10 Å². The number of unbranched alkanes of at least 4 members (excludes halogenated alkanes) is 1. The van der Waals surface area contributed by atoms with Gasteiger partial charge in [-0.2, -0.15) is 0 Å². The molecule has 0 aromatic carbocycles. The summed E-state index contributed by atoms with van der Waals surface area (Å²) in [6.45, 7) is 8.29. The number of ether oxygens (including phenoxy) is 1. The van der Waals surface area contributed by atoms with Gasteiger partial charge in [0.05, 0.1) is 12.5 Å². The number of pyridine rings is 1. The van der Waals surface area contributed by atoms with Crippen molar-refractivity contribution in [3.8, 4) is 5.88 Å². The van der Waals surface area contributed by atoms with Crippen LogP contribution in [0.2, 0.25) is 0 Å². The van der Waals surface area contributed by atoms with E-state index in [1.807, 2.05) is 37.7 Å². The molecule has 3 heterocycles. The van der Waals surface area contributed by atoms with Crippen molar-refractivity contribution in [2.24, 2.45) is 13.0 Å². The van der Waals surface area contributed by atoms with Crippen molar-refractivity contribution in [2.45, 2.75) is 59.3 Å². The van der Waals surface area contributed by atoms with Gasteiger partial charge in [-0.3, -0.25) is 9.59 Å². The van der Waals surface area contributed by atoms with Crippen LogP contribution in [0.1, 0.15) is 55.8 Å². The molecule has 1 aliphatic rings. The second-order valence-corrected chi connectivity index (χ2v) is 8.90. The molecule has 0 atom stereocenters. The number of carbonyl (C=O) groups excluding carboxylic acids is 2. The molecule has 0 saturated carbocycles. The molecule has 3 rings (SSSR count). The maximum absolute atomic E-state index is 12.9. The Bertz CT molecular complexity index is 976. The summed E-state index contributed by atoms with van der Waals surface area (Å²) in [5.74, 6) is 0.972. The van der Waals surface area contributed by atoms with Crippen molar-refractivity contribution in [3.05, 3.63) is 16.8 Å². The Kier molecular flexibility index (Phi) is 7.74. The Balaban J connectivity index is 1.60. The molecule has 32 heavy (non-hydrogen) atoms. The zero-order valence-corrected chi connectivity index (χ0v) is 20.4. The average molecular weight is 444 g/mol. The van der Waals surface area contributed by atoms with Crippen molar-refractivity contribution in [2.75, 3.05) is 33.8 Å². The molecule has 1 saturated heterocycles. The minimum absolute atomic E-state index is 0.0371. The molecular formula is C24H37N5O3. The maximum atomic E-state index is 12.9. The highest BCUT2D eigenvalue weighted by atomic mass is 16.5. The van der Waals surface area contributed by atoms with Gasteiger partial charge in [-0.25, -0.2) is 9.67 Å². The maximum Gasteiger partial charge on any atom is 0.242 e. The first-order chi connectivity index (χ1) is 15.3. The summed E-state index contributed by atoms with van der Waals surface area (Å²) < 4.78 is 7.16. The molecule has 0 spiro atoms. The number of rotatable bonds is 8. The van der Waals surface area contributed by atoms with E-state index in [0.29, 0.717) is 31.8 Å². The van der Waals surface area contributed by atoms with Crippen LogP contribution in [0.4, 0.5) is 0 Å². The van der Waals surface area contributed by atoms with Gasteiger partial charge in [-0.1, -0.05) is 13.3 Å². The summed E-state index contributed by atoms with van der Waals surface area (Å²) in [7, 11) is 5.36. The molecule has 1 fully saturated rings. The Labute approximate surface area is 190 Å². The van der Waals surface area contributed by atoms with Crippen LogP contribution in [0.5, 0.6) is 5.88 Å². The zero-order valence-electron chi connectivity index (χ0n) is 20.4. The fourth-order valence-electron chi connectivity index (χ4n) is 4.69. The summed E-state index contributed by atoms with van der Waals surface area (Å²) >= 11 is 0. The number of aromatic nitrogens is 3. The van der Waals surface area contributed by atoms with Crippen LogP contribution in [-0.4, -0.2) is 70.2 Å². The highest BCUT2D eigenvalue weighted by molar-refractivity contribution is 5.86. The molecule has 8 heteroatoms. The number of nitrogens with zero attached hydrogens (tertiary/aromatic N) is 5. The summed E-state index contributed by atoms with van der Waals surface area (Å²) in [4.78, 5) is 34.0. The quantitative estimate of drug-likeness (QED) is 0.627. The van der Waals surface area contributed by atoms with E-state index in [1.165, 1.54) is 0 Å². The molecule has 2 amide bonds. The van der Waals surface area contributed by atoms with Gasteiger partial charge in [0.2, 0.25) is 17.7 Å². The SMILES string of the molecule is CCCCN(C)C(=O)C1CCN(C(=O)CCc2c(C)nc3c(c(OC)nn3C)c2C)CC1. The fraction of sp³-hybridized carbons (Fsp3) is 0.667. The second-order valence-electron chi connectivity index (χ2n) is 8.90. The number of hydrogen-bond acceptors (Lipinski definition) is 5. The number of likely N-dealkylation sites (tertiary alicyclic amines) is 1. The summed E-state index contributed by atoms with van der Waals surface area (Å²) in [6, 6.07) is 0. The largest absolute Gasteiger partial charge is 0.479 e. The molecule has 0 unspecified atom stereocenters. The summed E-state index contributed by atoms with van der Waals surface area (Å²) in [5.41, 5.74) is 3.87. The normalized spacial score (nSPS) is 14.8. The molecule has 1 aliphatic heterocycles. The van der Waals surface area contributed by atoms with E-state index >= 15 is 0 Å². The molecular weight excluding hydrogens is 406 g/mol. The monoisotopic (exact) mass is 443 g/mol. The number of carbonyl (C=O) groups is 2. The molecule has 2 aromatic heterocycles. The van der Waals surface area contributed by atoms with E-state index < -0.39 is 0 Å². The topological polar surface area (TPSA) is 80.6 Å². The van der Waals surface area contributed by atoms with Gasteiger partial charge < -0.3 is 14.5 Å². The van der Waals surface area contributed by atoms with Gasteiger partial charge in [0.25, 0.3) is 0 Å². The highest BCUT2D eigenvalue weighted by Gasteiger charge is 2.29. The minimum Gasteiger partial charge on any atom is -0.479 e. The smallest absolute Gasteiger partial charge is 0.242 e. The Morgan fingerprint density at radius 1 is 1.22 bits per heavy atom. The number of fused-ring (bicyclic) bond motifs is 1. The second kappa shape index (κ2) is 10.3. The minimum atomic E-state index is 0.0371. The molecule has 176 valence electrons. The molecule has 0 N–H and O–H groups in total. The van der Waals surface area contributed by atoms with Crippen LogP contribution in [0.3, 0.4) is 0 Å². The summed E-state index contributed by atoms with van der Waals surface area (Å²) in [6.07, 6.45) is 4.69. The number of amides is 2. The van der Waals surface area contributed by atoms with Gasteiger partial charge in [-0.05, 0) is 50.7 Å². The van der Waals surface area contributed by atoms with Gasteiger partial charge in [0, 0.05) is 51.8 Å². The zero-order chi connectivity index (χ0) is 23.4. The highest BCUT2D eigenvalue weighted by Crippen LogP contribution is 2.30.